The lowest BCUT2D eigenvalue weighted by atomic mass is 10.1. The van der Waals surface area contributed by atoms with Crippen molar-refractivity contribution in [1.29, 1.82) is 0 Å². The Morgan fingerprint density at radius 2 is 2.00 bits per heavy atom. The van der Waals surface area contributed by atoms with Gasteiger partial charge in [-0.05, 0) is 38.0 Å². The maximum atomic E-state index is 12.7. The van der Waals surface area contributed by atoms with Gasteiger partial charge < -0.3 is 14.2 Å². The molecule has 27 heavy (non-hydrogen) atoms. The van der Waals surface area contributed by atoms with Crippen LogP contribution in [0.15, 0.2) is 47.4 Å². The Bertz CT molecular complexity index is 904. The van der Waals surface area contributed by atoms with E-state index in [0.29, 0.717) is 5.76 Å². The molecule has 0 saturated heterocycles. The van der Waals surface area contributed by atoms with Crippen molar-refractivity contribution in [2.45, 2.75) is 33.4 Å². The highest BCUT2D eigenvalue weighted by molar-refractivity contribution is 5.92. The molecule has 7 heteroatoms. The Hall–Kier alpha value is -3.22. The zero-order valence-corrected chi connectivity index (χ0v) is 15.8. The maximum absolute atomic E-state index is 12.7. The first kappa shape index (κ1) is 18.6. The van der Waals surface area contributed by atoms with Crippen LogP contribution in [-0.4, -0.2) is 33.0 Å². The molecule has 0 bridgehead atoms. The molecule has 0 saturated carbocycles. The maximum Gasteiger partial charge on any atom is 0.276 e. The summed E-state index contributed by atoms with van der Waals surface area (Å²) < 4.78 is 11.1. The summed E-state index contributed by atoms with van der Waals surface area (Å²) in [5.74, 6) is 1.06. The summed E-state index contributed by atoms with van der Waals surface area (Å²) in [5, 5.41) is 3.89. The third kappa shape index (κ3) is 4.13. The SMILES string of the molecule is Cc1cccc(C)c1OCc1cc(C(=O)N(C)C(C)c2ccncn2)no1. The molecule has 0 aliphatic heterocycles. The quantitative estimate of drug-likeness (QED) is 0.664. The van der Waals surface area contributed by atoms with E-state index in [9.17, 15) is 4.79 Å². The topological polar surface area (TPSA) is 81.4 Å². The molecule has 0 aliphatic rings. The Kier molecular flexibility index (Phi) is 5.49. The molecule has 0 radical (unpaired) electrons. The summed E-state index contributed by atoms with van der Waals surface area (Å²) in [6.07, 6.45) is 3.11. The van der Waals surface area contributed by atoms with Crippen molar-refractivity contribution in [3.63, 3.8) is 0 Å². The molecule has 1 unspecified atom stereocenters. The molecule has 7 nitrogen and oxygen atoms in total. The second kappa shape index (κ2) is 7.99. The molecule has 1 atom stereocenters. The third-order valence-corrected chi connectivity index (χ3v) is 4.48. The van der Waals surface area contributed by atoms with Gasteiger partial charge in [0.15, 0.2) is 11.5 Å². The summed E-state index contributed by atoms with van der Waals surface area (Å²) in [7, 11) is 1.71. The first-order valence-electron chi connectivity index (χ1n) is 8.65. The van der Waals surface area contributed by atoms with Crippen molar-refractivity contribution in [3.05, 3.63) is 71.1 Å². The van der Waals surface area contributed by atoms with Crippen LogP contribution in [0.4, 0.5) is 0 Å². The number of nitrogens with zero attached hydrogens (tertiary/aromatic N) is 4. The number of carbonyl (C=O) groups excluding carboxylic acids is 1. The van der Waals surface area contributed by atoms with Crippen LogP contribution in [0.5, 0.6) is 5.75 Å². The Labute approximate surface area is 158 Å². The number of aromatic nitrogens is 3. The number of para-hydroxylation sites is 1. The summed E-state index contributed by atoms with van der Waals surface area (Å²) in [5.41, 5.74) is 3.08. The predicted molar refractivity (Wildman–Crippen MR) is 99.3 cm³/mol. The monoisotopic (exact) mass is 366 g/mol. The molecule has 0 spiro atoms. The van der Waals surface area contributed by atoms with Gasteiger partial charge in [0.1, 0.15) is 18.7 Å². The van der Waals surface area contributed by atoms with Gasteiger partial charge in [-0.1, -0.05) is 23.4 Å². The van der Waals surface area contributed by atoms with Gasteiger partial charge in [0, 0.05) is 19.3 Å². The van der Waals surface area contributed by atoms with E-state index in [1.54, 1.807) is 30.3 Å². The third-order valence-electron chi connectivity index (χ3n) is 4.48. The largest absolute Gasteiger partial charge is 0.485 e. The van der Waals surface area contributed by atoms with Crippen LogP contribution in [-0.2, 0) is 6.61 Å². The van der Waals surface area contributed by atoms with Gasteiger partial charge >= 0.3 is 0 Å². The number of ether oxygens (including phenoxy) is 1. The molecule has 0 aliphatic carbocycles. The number of hydrogen-bond acceptors (Lipinski definition) is 6. The van der Waals surface area contributed by atoms with Gasteiger partial charge in [0.2, 0.25) is 0 Å². The van der Waals surface area contributed by atoms with Gasteiger partial charge in [0.05, 0.1) is 11.7 Å². The lowest BCUT2D eigenvalue weighted by molar-refractivity contribution is 0.0729. The molecule has 0 N–H and O–H groups in total. The molecule has 3 aromatic rings. The lowest BCUT2D eigenvalue weighted by Crippen LogP contribution is -2.30. The first-order valence-corrected chi connectivity index (χ1v) is 8.65. The average Bonchev–Trinajstić information content (AvgIpc) is 3.15. The van der Waals surface area contributed by atoms with Crippen LogP contribution in [0.1, 0.15) is 46.0 Å². The van der Waals surface area contributed by atoms with Gasteiger partial charge in [0.25, 0.3) is 5.91 Å². The fraction of sp³-hybridized carbons (Fsp3) is 0.300. The number of benzene rings is 1. The predicted octanol–water partition coefficient (Wildman–Crippen LogP) is 3.49. The number of aryl methyl sites for hydroxylation is 2. The Morgan fingerprint density at radius 1 is 1.26 bits per heavy atom. The van der Waals surface area contributed by atoms with Gasteiger partial charge in [-0.3, -0.25) is 4.79 Å². The van der Waals surface area contributed by atoms with Gasteiger partial charge in [-0.15, -0.1) is 0 Å². The van der Waals surface area contributed by atoms with Crippen molar-refractivity contribution in [2.75, 3.05) is 7.05 Å². The fourth-order valence-electron chi connectivity index (χ4n) is 2.75. The highest BCUT2D eigenvalue weighted by atomic mass is 16.5. The molecule has 0 fully saturated rings. The highest BCUT2D eigenvalue weighted by Crippen LogP contribution is 2.24. The number of amides is 1. The lowest BCUT2D eigenvalue weighted by Gasteiger charge is -2.23. The zero-order valence-electron chi connectivity index (χ0n) is 15.8. The van der Waals surface area contributed by atoms with Crippen LogP contribution >= 0.6 is 0 Å². The Morgan fingerprint density at radius 3 is 2.67 bits per heavy atom. The second-order valence-electron chi connectivity index (χ2n) is 6.41. The summed E-state index contributed by atoms with van der Waals surface area (Å²) >= 11 is 0. The zero-order chi connectivity index (χ0) is 19.4. The van der Waals surface area contributed by atoms with Crippen LogP contribution in [0, 0.1) is 13.8 Å². The summed E-state index contributed by atoms with van der Waals surface area (Å²) in [6.45, 7) is 6.07. The summed E-state index contributed by atoms with van der Waals surface area (Å²) in [6, 6.07) is 9.13. The van der Waals surface area contributed by atoms with Crippen molar-refractivity contribution in [2.24, 2.45) is 0 Å². The standard InChI is InChI=1S/C20H22N4O3/c1-13-6-5-7-14(2)19(13)26-11-16-10-18(23-27-16)20(25)24(4)15(3)17-8-9-21-12-22-17/h5-10,12,15H,11H2,1-4H3. The van der Waals surface area contributed by atoms with Crippen LogP contribution < -0.4 is 4.74 Å². The average molecular weight is 366 g/mol. The van der Waals surface area contributed by atoms with Crippen LogP contribution in [0.25, 0.3) is 0 Å². The van der Waals surface area contributed by atoms with Crippen molar-refractivity contribution < 1.29 is 14.1 Å². The Balaban J connectivity index is 1.67. The highest BCUT2D eigenvalue weighted by Gasteiger charge is 2.23. The second-order valence-corrected chi connectivity index (χ2v) is 6.41. The minimum atomic E-state index is -0.247. The van der Waals surface area contributed by atoms with E-state index < -0.39 is 0 Å². The molecule has 3 rings (SSSR count). The molecule has 1 aromatic carbocycles. The minimum absolute atomic E-state index is 0.206. The van der Waals surface area contributed by atoms with Crippen molar-refractivity contribution in [3.8, 4) is 5.75 Å². The smallest absolute Gasteiger partial charge is 0.276 e. The molecular weight excluding hydrogens is 344 g/mol. The number of hydrogen-bond donors (Lipinski definition) is 0. The number of carbonyl (C=O) groups is 1. The van der Waals surface area contributed by atoms with E-state index in [-0.39, 0.29) is 24.2 Å². The minimum Gasteiger partial charge on any atom is -0.485 e. The fourth-order valence-corrected chi connectivity index (χ4v) is 2.75. The summed E-state index contributed by atoms with van der Waals surface area (Å²) in [4.78, 5) is 22.3. The molecule has 1 amide bonds. The molecular formula is C20H22N4O3. The van der Waals surface area contributed by atoms with Gasteiger partial charge in [-0.25, -0.2) is 9.97 Å². The van der Waals surface area contributed by atoms with E-state index in [1.165, 1.54) is 6.33 Å². The normalized spacial score (nSPS) is 11.9. The molecule has 2 heterocycles. The van der Waals surface area contributed by atoms with E-state index in [1.807, 2.05) is 39.0 Å². The first-order chi connectivity index (χ1) is 13.0. The number of rotatable bonds is 6. The molecule has 140 valence electrons. The van der Waals surface area contributed by atoms with E-state index in [4.69, 9.17) is 9.26 Å². The van der Waals surface area contributed by atoms with Gasteiger partial charge in [-0.2, -0.15) is 0 Å². The molecule has 2 aromatic heterocycles. The van der Waals surface area contributed by atoms with Crippen LogP contribution in [0.2, 0.25) is 0 Å². The van der Waals surface area contributed by atoms with E-state index in [0.717, 1.165) is 22.6 Å². The van der Waals surface area contributed by atoms with E-state index >= 15 is 0 Å². The van der Waals surface area contributed by atoms with Crippen LogP contribution in [0.3, 0.4) is 0 Å². The van der Waals surface area contributed by atoms with Crippen molar-refractivity contribution in [1.82, 2.24) is 20.0 Å². The van der Waals surface area contributed by atoms with E-state index in [2.05, 4.69) is 15.1 Å². The van der Waals surface area contributed by atoms with Crippen molar-refractivity contribution >= 4 is 5.91 Å².